The summed E-state index contributed by atoms with van der Waals surface area (Å²) >= 11 is 0. The van der Waals surface area contributed by atoms with Crippen LogP contribution in [-0.4, -0.2) is 14.5 Å². The zero-order valence-corrected chi connectivity index (χ0v) is 38.2. The predicted molar refractivity (Wildman–Crippen MR) is 274 cm³/mol. The van der Waals surface area contributed by atoms with Crippen molar-refractivity contribution in [1.82, 2.24) is 14.5 Å². The van der Waals surface area contributed by atoms with Crippen molar-refractivity contribution in [3.05, 3.63) is 235 Å². The Kier molecular flexibility index (Phi) is 11.5. The molecular weight excluding hydrogens is 929 g/mol. The summed E-state index contributed by atoms with van der Waals surface area (Å²) in [7, 11) is 0. The van der Waals surface area contributed by atoms with E-state index < -0.39 is 23.5 Å². The molecule has 0 aliphatic rings. The topological polar surface area (TPSA) is 78.3 Å². The Labute approximate surface area is 414 Å². The maximum Gasteiger partial charge on any atom is 0.416 e. The lowest BCUT2D eigenvalue weighted by Gasteiger charge is -2.22. The Morgan fingerprint density at radius 1 is 0.356 bits per heavy atom. The fourth-order valence-corrected chi connectivity index (χ4v) is 9.48. The molecule has 73 heavy (non-hydrogen) atoms. The van der Waals surface area contributed by atoms with Gasteiger partial charge in [0.1, 0.15) is 0 Å². The zero-order valence-electron chi connectivity index (χ0n) is 38.2. The molecule has 0 spiro atoms. The van der Waals surface area contributed by atoms with Crippen LogP contribution in [0.4, 0.5) is 26.3 Å². The van der Waals surface area contributed by atoms with Crippen LogP contribution in [0.25, 0.3) is 106 Å². The number of nitriles is 2. The molecule has 0 saturated heterocycles. The number of rotatable bonds is 8. The van der Waals surface area contributed by atoms with Crippen molar-refractivity contribution in [3.63, 3.8) is 0 Å². The van der Waals surface area contributed by atoms with E-state index >= 15 is 0 Å². The fourth-order valence-electron chi connectivity index (χ4n) is 9.48. The van der Waals surface area contributed by atoms with Crippen molar-refractivity contribution < 1.29 is 26.3 Å². The standard InChI is InChI=1S/C62H35F6N5/c63-61(64,65)47-25-19-38(20-26-47)51-33-46(60-71-55(40-11-3-1-4-12-40)35-56(72-60)41-13-5-2-6-14-41)34-52(39-21-27-48(28-22-39)62(66,67)68)59(51)73-57-29-23-42(49-17-9-7-15-44(49)36-69)31-53(57)54-32-43(24-30-58(54)73)50-18-10-8-16-45(50)37-70/h1-35H. The summed E-state index contributed by atoms with van der Waals surface area (Å²) in [6.45, 7) is 0. The van der Waals surface area contributed by atoms with Gasteiger partial charge in [0.15, 0.2) is 5.82 Å². The highest BCUT2D eigenvalue weighted by molar-refractivity contribution is 6.13. The number of nitrogens with zero attached hydrogens (tertiary/aromatic N) is 5. The van der Waals surface area contributed by atoms with Gasteiger partial charge < -0.3 is 4.57 Å². The van der Waals surface area contributed by atoms with Crippen LogP contribution in [0.5, 0.6) is 0 Å². The lowest BCUT2D eigenvalue weighted by molar-refractivity contribution is -0.138. The van der Waals surface area contributed by atoms with Crippen LogP contribution in [0.3, 0.4) is 0 Å². The zero-order chi connectivity index (χ0) is 50.4. The lowest BCUT2D eigenvalue weighted by atomic mass is 9.91. The third-order valence-electron chi connectivity index (χ3n) is 13.0. The molecule has 0 amide bonds. The molecule has 11 rings (SSSR count). The summed E-state index contributed by atoms with van der Waals surface area (Å²) in [5, 5.41) is 21.8. The molecule has 0 fully saturated rings. The number of halogens is 6. The lowest BCUT2D eigenvalue weighted by Crippen LogP contribution is -2.06. The highest BCUT2D eigenvalue weighted by atomic mass is 19.4. The first-order valence-corrected chi connectivity index (χ1v) is 23.0. The number of hydrogen-bond donors (Lipinski definition) is 0. The number of aromatic nitrogens is 3. The Balaban J connectivity index is 1.28. The molecule has 11 aromatic rings. The fraction of sp³-hybridized carbons (Fsp3) is 0.0323. The molecule has 0 radical (unpaired) electrons. The van der Waals surface area contributed by atoms with E-state index in [-0.39, 0.29) is 5.82 Å². The number of fused-ring (bicyclic) bond motifs is 3. The van der Waals surface area contributed by atoms with Gasteiger partial charge in [0.2, 0.25) is 0 Å². The molecule has 0 aliphatic heterocycles. The van der Waals surface area contributed by atoms with Crippen molar-refractivity contribution >= 4 is 21.8 Å². The first-order valence-electron chi connectivity index (χ1n) is 23.0. The Morgan fingerprint density at radius 2 is 0.740 bits per heavy atom. The minimum Gasteiger partial charge on any atom is -0.308 e. The molecule has 2 aromatic heterocycles. The van der Waals surface area contributed by atoms with E-state index in [2.05, 4.69) is 12.1 Å². The van der Waals surface area contributed by atoms with E-state index in [1.54, 1.807) is 24.3 Å². The van der Waals surface area contributed by atoms with Gasteiger partial charge in [-0.25, -0.2) is 9.97 Å². The van der Waals surface area contributed by atoms with Crippen molar-refractivity contribution in [2.45, 2.75) is 12.4 Å². The predicted octanol–water partition coefficient (Wildman–Crippen LogP) is 17.0. The summed E-state index contributed by atoms with van der Waals surface area (Å²) < 4.78 is 87.7. The molecule has 0 unspecified atom stereocenters. The van der Waals surface area contributed by atoms with Crippen LogP contribution in [0.2, 0.25) is 0 Å². The summed E-state index contributed by atoms with van der Waals surface area (Å²) in [5.41, 5.74) is 8.54. The van der Waals surface area contributed by atoms with Gasteiger partial charge in [0, 0.05) is 38.6 Å². The van der Waals surface area contributed by atoms with Crippen LogP contribution in [-0.2, 0) is 12.4 Å². The highest BCUT2D eigenvalue weighted by Crippen LogP contribution is 2.46. The second-order valence-corrected chi connectivity index (χ2v) is 17.4. The van der Waals surface area contributed by atoms with Crippen LogP contribution in [0.1, 0.15) is 22.3 Å². The minimum absolute atomic E-state index is 0.261. The summed E-state index contributed by atoms with van der Waals surface area (Å²) in [5.74, 6) is 0.261. The highest BCUT2D eigenvalue weighted by Gasteiger charge is 2.32. The molecule has 0 bridgehead atoms. The first kappa shape index (κ1) is 45.8. The molecule has 0 saturated carbocycles. The largest absolute Gasteiger partial charge is 0.416 e. The van der Waals surface area contributed by atoms with Crippen molar-refractivity contribution in [3.8, 4) is 96.2 Å². The SMILES string of the molecule is N#Cc1ccccc1-c1ccc2c(c1)c1cc(-c3ccccc3C#N)ccc1n2-c1c(-c2ccc(C(F)(F)F)cc2)cc(-c2nc(-c3ccccc3)cc(-c3ccccc3)n2)cc1-c1ccc(C(F)(F)F)cc1. The second-order valence-electron chi connectivity index (χ2n) is 17.4. The molecule has 0 aliphatic carbocycles. The van der Waals surface area contributed by atoms with Gasteiger partial charge in [-0.3, -0.25) is 0 Å². The van der Waals surface area contributed by atoms with Crippen LogP contribution in [0, 0.1) is 22.7 Å². The van der Waals surface area contributed by atoms with Gasteiger partial charge in [0.25, 0.3) is 0 Å². The third kappa shape index (κ3) is 8.64. The molecule has 9 aromatic carbocycles. The van der Waals surface area contributed by atoms with E-state index in [4.69, 9.17) is 9.97 Å². The normalized spacial score (nSPS) is 11.7. The van der Waals surface area contributed by atoms with E-state index in [9.17, 15) is 36.9 Å². The second kappa shape index (κ2) is 18.3. The third-order valence-corrected chi connectivity index (χ3v) is 13.0. The maximum atomic E-state index is 14.3. The van der Waals surface area contributed by atoms with Gasteiger partial charge in [0.05, 0.1) is 62.5 Å². The van der Waals surface area contributed by atoms with Gasteiger partial charge in [-0.2, -0.15) is 36.9 Å². The smallest absolute Gasteiger partial charge is 0.308 e. The van der Waals surface area contributed by atoms with Crippen LogP contribution < -0.4 is 0 Å². The first-order chi connectivity index (χ1) is 35.4. The summed E-state index contributed by atoms with van der Waals surface area (Å²) in [6.07, 6.45) is -9.30. The van der Waals surface area contributed by atoms with E-state index in [0.29, 0.717) is 78.2 Å². The molecule has 11 heteroatoms. The quantitative estimate of drug-likeness (QED) is 0.142. The van der Waals surface area contributed by atoms with Crippen molar-refractivity contribution in [1.29, 1.82) is 10.5 Å². The van der Waals surface area contributed by atoms with Gasteiger partial charge in [-0.1, -0.05) is 133 Å². The Bertz CT molecular complexity index is 3750. The molecule has 0 N–H and O–H groups in total. The summed E-state index contributed by atoms with van der Waals surface area (Å²) in [4.78, 5) is 10.2. The van der Waals surface area contributed by atoms with Gasteiger partial charge >= 0.3 is 12.4 Å². The Hall–Kier alpha value is -9.58. The van der Waals surface area contributed by atoms with Gasteiger partial charge in [-0.05, 0) is 112 Å². The number of hydrogen-bond acceptors (Lipinski definition) is 4. The molecule has 0 atom stereocenters. The van der Waals surface area contributed by atoms with Gasteiger partial charge in [-0.15, -0.1) is 0 Å². The average molecular weight is 964 g/mol. The molecule has 350 valence electrons. The average Bonchev–Trinajstić information content (AvgIpc) is 3.75. The van der Waals surface area contributed by atoms with Crippen molar-refractivity contribution in [2.75, 3.05) is 0 Å². The monoisotopic (exact) mass is 963 g/mol. The van der Waals surface area contributed by atoms with Crippen molar-refractivity contribution in [2.24, 2.45) is 0 Å². The Morgan fingerprint density at radius 3 is 1.14 bits per heavy atom. The van der Waals surface area contributed by atoms with E-state index in [1.165, 1.54) is 24.3 Å². The minimum atomic E-state index is -4.65. The number of benzene rings is 9. The van der Waals surface area contributed by atoms with Crippen LogP contribution in [0.15, 0.2) is 212 Å². The molecular formula is C62H35F6N5. The number of alkyl halides is 6. The molecule has 5 nitrogen and oxygen atoms in total. The van der Waals surface area contributed by atoms with E-state index in [0.717, 1.165) is 57.3 Å². The van der Waals surface area contributed by atoms with Crippen LogP contribution >= 0.6 is 0 Å². The van der Waals surface area contributed by atoms with E-state index in [1.807, 2.05) is 144 Å². The molecule has 2 heterocycles. The maximum absolute atomic E-state index is 14.3. The summed E-state index contributed by atoms with van der Waals surface area (Å²) in [6, 6.07) is 64.7.